The minimum atomic E-state index is -0.296. The molecule has 0 aliphatic carbocycles. The Bertz CT molecular complexity index is 993. The molecule has 0 aliphatic heterocycles. The highest BCUT2D eigenvalue weighted by atomic mass is 19.1. The van der Waals surface area contributed by atoms with Crippen LogP contribution in [0, 0.1) is 5.82 Å². The summed E-state index contributed by atoms with van der Waals surface area (Å²) in [5.74, 6) is 0.0623. The van der Waals surface area contributed by atoms with Gasteiger partial charge >= 0.3 is 0 Å². The van der Waals surface area contributed by atoms with Crippen molar-refractivity contribution < 1.29 is 4.39 Å². The topological polar surface area (TPSA) is 93.4 Å². The van der Waals surface area contributed by atoms with Gasteiger partial charge < -0.3 is 5.73 Å². The van der Waals surface area contributed by atoms with Gasteiger partial charge in [0, 0.05) is 34.5 Å². The number of hydrogen-bond donors (Lipinski definition) is 2. The fourth-order valence-electron chi connectivity index (χ4n) is 2.57. The zero-order valence-electron chi connectivity index (χ0n) is 11.9. The smallest absolute Gasteiger partial charge is 0.155 e. The summed E-state index contributed by atoms with van der Waals surface area (Å²) in [6, 6.07) is 6.20. The largest absolute Gasteiger partial charge is 0.383 e. The Balaban J connectivity index is 2.07. The number of H-pyrrole nitrogens is 1. The van der Waals surface area contributed by atoms with E-state index in [0.717, 1.165) is 22.1 Å². The molecule has 1 aromatic carbocycles. The van der Waals surface area contributed by atoms with Gasteiger partial charge in [-0.2, -0.15) is 5.10 Å². The van der Waals surface area contributed by atoms with Crippen molar-refractivity contribution in [2.45, 2.75) is 0 Å². The quantitative estimate of drug-likeness (QED) is 0.594. The van der Waals surface area contributed by atoms with Crippen LogP contribution in [0.25, 0.3) is 33.3 Å². The maximum absolute atomic E-state index is 13.2. The molecule has 4 rings (SSSR count). The molecule has 3 aromatic heterocycles. The van der Waals surface area contributed by atoms with Crippen molar-refractivity contribution in [3.8, 4) is 22.3 Å². The summed E-state index contributed by atoms with van der Waals surface area (Å²) in [4.78, 5) is 12.5. The number of aromatic amines is 1. The number of aromatic nitrogens is 5. The van der Waals surface area contributed by atoms with Crippen molar-refractivity contribution in [2.24, 2.45) is 0 Å². The number of nitrogens with zero attached hydrogens (tertiary/aromatic N) is 4. The van der Waals surface area contributed by atoms with E-state index in [1.165, 1.54) is 18.5 Å². The Morgan fingerprint density at radius 3 is 2.57 bits per heavy atom. The van der Waals surface area contributed by atoms with Crippen LogP contribution >= 0.6 is 0 Å². The van der Waals surface area contributed by atoms with Gasteiger partial charge in [0.1, 0.15) is 18.0 Å². The third-order valence-electron chi connectivity index (χ3n) is 3.65. The van der Waals surface area contributed by atoms with E-state index in [4.69, 9.17) is 5.73 Å². The highest BCUT2D eigenvalue weighted by molar-refractivity contribution is 6.02. The first kappa shape index (κ1) is 13.3. The molecule has 0 amide bonds. The summed E-state index contributed by atoms with van der Waals surface area (Å²) < 4.78 is 13.2. The second-order valence-electron chi connectivity index (χ2n) is 5.01. The fraction of sp³-hybridized carbons (Fsp3) is 0. The fourth-order valence-corrected chi connectivity index (χ4v) is 2.57. The Hall–Kier alpha value is -3.35. The Morgan fingerprint density at radius 1 is 0.957 bits per heavy atom. The molecule has 0 saturated carbocycles. The van der Waals surface area contributed by atoms with Crippen molar-refractivity contribution >= 4 is 16.9 Å². The van der Waals surface area contributed by atoms with Crippen LogP contribution in [0.5, 0.6) is 0 Å². The predicted molar refractivity (Wildman–Crippen MR) is 84.7 cm³/mol. The number of halogens is 1. The third-order valence-corrected chi connectivity index (χ3v) is 3.65. The van der Waals surface area contributed by atoms with Gasteiger partial charge in [0.05, 0.1) is 6.20 Å². The summed E-state index contributed by atoms with van der Waals surface area (Å²) in [7, 11) is 0. The number of pyridine rings is 1. The number of rotatable bonds is 2. The highest BCUT2D eigenvalue weighted by Gasteiger charge is 2.16. The van der Waals surface area contributed by atoms with Crippen molar-refractivity contribution in [3.05, 3.63) is 55.0 Å². The van der Waals surface area contributed by atoms with E-state index in [-0.39, 0.29) is 5.82 Å². The average Bonchev–Trinajstić information content (AvgIpc) is 3.04. The van der Waals surface area contributed by atoms with Gasteiger partial charge in [-0.05, 0) is 17.7 Å². The van der Waals surface area contributed by atoms with Crippen LogP contribution in [0.4, 0.5) is 10.2 Å². The molecule has 0 radical (unpaired) electrons. The predicted octanol–water partition coefficient (Wildman–Crippen LogP) is 2.80. The number of nitrogen functional groups attached to an aromatic ring is 1. The third kappa shape index (κ3) is 2.18. The zero-order valence-corrected chi connectivity index (χ0v) is 11.9. The van der Waals surface area contributed by atoms with Gasteiger partial charge in [-0.25, -0.2) is 19.3 Å². The summed E-state index contributed by atoms with van der Waals surface area (Å²) in [6.45, 7) is 0. The Morgan fingerprint density at radius 2 is 1.78 bits per heavy atom. The monoisotopic (exact) mass is 306 g/mol. The molecular weight excluding hydrogens is 295 g/mol. The van der Waals surface area contributed by atoms with Gasteiger partial charge in [0.2, 0.25) is 0 Å². The first-order chi connectivity index (χ1) is 11.2. The second kappa shape index (κ2) is 5.13. The number of nitrogens with two attached hydrogens (primary N) is 1. The maximum Gasteiger partial charge on any atom is 0.155 e. The molecule has 0 bridgehead atoms. The lowest BCUT2D eigenvalue weighted by Crippen LogP contribution is -1.97. The van der Waals surface area contributed by atoms with E-state index in [1.807, 2.05) is 0 Å². The van der Waals surface area contributed by atoms with E-state index < -0.39 is 0 Å². The van der Waals surface area contributed by atoms with Crippen molar-refractivity contribution in [3.63, 3.8) is 0 Å². The van der Waals surface area contributed by atoms with E-state index >= 15 is 0 Å². The summed E-state index contributed by atoms with van der Waals surface area (Å²) in [5, 5.41) is 7.67. The van der Waals surface area contributed by atoms with Crippen LogP contribution in [0.1, 0.15) is 0 Å². The molecule has 0 spiro atoms. The lowest BCUT2D eigenvalue weighted by atomic mass is 9.95. The van der Waals surface area contributed by atoms with Crippen molar-refractivity contribution in [1.29, 1.82) is 0 Å². The molecule has 0 unspecified atom stereocenters. The minimum absolute atomic E-state index is 0.296. The van der Waals surface area contributed by atoms with E-state index in [9.17, 15) is 4.39 Å². The molecule has 0 fully saturated rings. The summed E-state index contributed by atoms with van der Waals surface area (Å²) in [6.07, 6.45) is 6.42. The van der Waals surface area contributed by atoms with Crippen LogP contribution in [0.3, 0.4) is 0 Å². The van der Waals surface area contributed by atoms with Crippen LogP contribution in [-0.4, -0.2) is 25.1 Å². The minimum Gasteiger partial charge on any atom is -0.383 e. The number of nitrogens with one attached hydrogen (secondary N) is 1. The number of benzene rings is 1. The Kier molecular flexibility index (Phi) is 2.97. The van der Waals surface area contributed by atoms with Gasteiger partial charge in [0.25, 0.3) is 0 Å². The van der Waals surface area contributed by atoms with Crippen molar-refractivity contribution in [1.82, 2.24) is 25.1 Å². The number of hydrogen-bond acceptors (Lipinski definition) is 5. The molecule has 0 saturated heterocycles. The van der Waals surface area contributed by atoms with Crippen LogP contribution < -0.4 is 5.73 Å². The summed E-state index contributed by atoms with van der Waals surface area (Å²) in [5.41, 5.74) is 9.77. The molecule has 4 aromatic rings. The van der Waals surface area contributed by atoms with Gasteiger partial charge in [-0.3, -0.25) is 5.10 Å². The van der Waals surface area contributed by atoms with Crippen LogP contribution in [-0.2, 0) is 0 Å². The number of anilines is 1. The molecule has 3 N–H and O–H groups in total. The van der Waals surface area contributed by atoms with Crippen LogP contribution in [0.15, 0.2) is 49.2 Å². The highest BCUT2D eigenvalue weighted by Crippen LogP contribution is 2.38. The van der Waals surface area contributed by atoms with E-state index in [1.54, 1.807) is 30.7 Å². The van der Waals surface area contributed by atoms with Gasteiger partial charge in [-0.15, -0.1) is 0 Å². The second-order valence-corrected chi connectivity index (χ2v) is 5.01. The average molecular weight is 306 g/mol. The standard InChI is InChI=1S/C16H11FN6/c17-10-3-1-9(2-4-10)11-6-20-16-13(7-22-23-16)14(11)12-5-19-8-21-15(12)18/h1-8H,(H2,18,19,21)(H,20,22,23). The SMILES string of the molecule is Nc1ncncc1-c1c(-c2ccc(F)cc2)cnc2[nH]ncc12. The molecule has 112 valence electrons. The zero-order chi connectivity index (χ0) is 15.8. The first-order valence-electron chi connectivity index (χ1n) is 6.88. The molecule has 0 atom stereocenters. The number of fused-ring (bicyclic) bond motifs is 1. The molecule has 3 heterocycles. The summed E-state index contributed by atoms with van der Waals surface area (Å²) >= 11 is 0. The molecule has 7 heteroatoms. The normalized spacial score (nSPS) is 11.0. The lowest BCUT2D eigenvalue weighted by molar-refractivity contribution is 0.628. The molecule has 23 heavy (non-hydrogen) atoms. The Labute approximate surface area is 130 Å². The van der Waals surface area contributed by atoms with Crippen molar-refractivity contribution in [2.75, 3.05) is 5.73 Å². The van der Waals surface area contributed by atoms with Gasteiger partial charge in [-0.1, -0.05) is 12.1 Å². The molecule has 6 nitrogen and oxygen atoms in total. The van der Waals surface area contributed by atoms with E-state index in [2.05, 4.69) is 25.1 Å². The lowest BCUT2D eigenvalue weighted by Gasteiger charge is -2.12. The maximum atomic E-state index is 13.2. The molecule has 0 aliphatic rings. The van der Waals surface area contributed by atoms with Crippen LogP contribution in [0.2, 0.25) is 0 Å². The van der Waals surface area contributed by atoms with E-state index in [0.29, 0.717) is 17.0 Å². The first-order valence-corrected chi connectivity index (χ1v) is 6.88. The van der Waals surface area contributed by atoms with Gasteiger partial charge in [0.15, 0.2) is 5.65 Å². The molecular formula is C16H11FN6.